The number of rotatable bonds is 5. The number of nitrogens with zero attached hydrogens (tertiary/aromatic N) is 2. The Morgan fingerprint density at radius 1 is 1.32 bits per heavy atom. The highest BCUT2D eigenvalue weighted by Gasteiger charge is 2.26. The number of benzene rings is 1. The molecule has 3 rings (SSSR count). The normalized spacial score (nSPS) is 21.6. The fourth-order valence-corrected chi connectivity index (χ4v) is 3.55. The summed E-state index contributed by atoms with van der Waals surface area (Å²) in [4.78, 5) is 12.5. The quantitative estimate of drug-likeness (QED) is 0.736. The summed E-state index contributed by atoms with van der Waals surface area (Å²) in [6.45, 7) is 0. The maximum atomic E-state index is 12.5. The Hall–Kier alpha value is -2.85. The number of hydrogen-bond acceptors (Lipinski definition) is 6. The second kappa shape index (κ2) is 8.89. The summed E-state index contributed by atoms with van der Waals surface area (Å²) < 4.78 is 11.3. The van der Waals surface area contributed by atoms with Crippen molar-refractivity contribution in [3.05, 3.63) is 46.8 Å². The Morgan fingerprint density at radius 2 is 2.07 bits per heavy atom. The molecule has 0 atom stereocenters. The zero-order chi connectivity index (χ0) is 20.1. The zero-order valence-corrected chi connectivity index (χ0v) is 16.6. The number of carbonyl (C=O) groups excluding carboxylic acids is 1. The van der Waals surface area contributed by atoms with Crippen LogP contribution in [-0.4, -0.2) is 37.2 Å². The third-order valence-corrected chi connectivity index (χ3v) is 5.07. The van der Waals surface area contributed by atoms with Crippen LogP contribution in [0.25, 0.3) is 0 Å². The van der Waals surface area contributed by atoms with Gasteiger partial charge in [0, 0.05) is 19.2 Å². The van der Waals surface area contributed by atoms with E-state index in [1.807, 2.05) is 0 Å². The Labute approximate surface area is 169 Å². The molecule has 148 valence electrons. The fraction of sp³-hybridized carbons (Fsp3) is 0.400. The third-order valence-electron chi connectivity index (χ3n) is 4.86. The number of nitrogens with one attached hydrogen (secondary N) is 2. The van der Waals surface area contributed by atoms with Crippen molar-refractivity contribution in [2.45, 2.75) is 37.8 Å². The van der Waals surface area contributed by atoms with E-state index >= 15 is 0 Å². The molecule has 1 aromatic carbocycles. The van der Waals surface area contributed by atoms with Gasteiger partial charge in [0.1, 0.15) is 28.4 Å². The Bertz CT molecular complexity index is 838. The number of allylic oxidation sites excluding steroid dienone is 2. The minimum absolute atomic E-state index is 0.0748. The Morgan fingerprint density at radius 3 is 2.71 bits per heavy atom. The lowest BCUT2D eigenvalue weighted by Crippen LogP contribution is -2.45. The number of hydrogen-bond donors (Lipinski definition) is 2. The number of halogens is 1. The average Bonchev–Trinajstić information content (AvgIpc) is 2.69. The van der Waals surface area contributed by atoms with E-state index in [1.54, 1.807) is 42.4 Å². The van der Waals surface area contributed by atoms with Gasteiger partial charge in [0.05, 0.1) is 18.8 Å². The van der Waals surface area contributed by atoms with Gasteiger partial charge in [-0.15, -0.1) is 0 Å². The van der Waals surface area contributed by atoms with E-state index in [1.165, 1.54) is 7.11 Å². The molecule has 1 aliphatic heterocycles. The highest BCUT2D eigenvalue weighted by atomic mass is 35.5. The predicted octanol–water partition coefficient (Wildman–Crippen LogP) is 2.79. The lowest BCUT2D eigenvalue weighted by atomic mass is 9.92. The summed E-state index contributed by atoms with van der Waals surface area (Å²) in [5, 5.41) is 14.2. The van der Waals surface area contributed by atoms with Gasteiger partial charge < -0.3 is 14.8 Å². The van der Waals surface area contributed by atoms with E-state index in [4.69, 9.17) is 26.3 Å². The summed E-state index contributed by atoms with van der Waals surface area (Å²) in [5.41, 5.74) is 3.88. The molecule has 2 N–H and O–H groups in total. The summed E-state index contributed by atoms with van der Waals surface area (Å²) in [5.74, 6) is 1.07. The zero-order valence-electron chi connectivity index (χ0n) is 15.9. The largest absolute Gasteiger partial charge is 0.495 e. The van der Waals surface area contributed by atoms with E-state index in [-0.39, 0.29) is 18.1 Å². The van der Waals surface area contributed by atoms with Gasteiger partial charge in [-0.3, -0.25) is 15.2 Å². The number of methoxy groups -OCH3 is 1. The molecule has 0 radical (unpaired) electrons. The number of hydrazine groups is 1. The minimum atomic E-state index is -0.128. The molecule has 28 heavy (non-hydrogen) atoms. The van der Waals surface area contributed by atoms with Crippen molar-refractivity contribution in [3.63, 3.8) is 0 Å². The molecule has 0 bridgehead atoms. The second-order valence-corrected chi connectivity index (χ2v) is 7.18. The number of ether oxygens (including phenoxy) is 2. The van der Waals surface area contributed by atoms with Crippen molar-refractivity contribution >= 4 is 17.5 Å². The molecule has 1 fully saturated rings. The SMILES string of the molecule is COc1cc(OC2CCC(NC(=O)C3=CC=C(Cl)NN3C)CC2)ccc1C#N. The van der Waals surface area contributed by atoms with E-state index in [9.17, 15) is 4.79 Å². The van der Waals surface area contributed by atoms with E-state index in [0.717, 1.165) is 25.7 Å². The van der Waals surface area contributed by atoms with Crippen molar-refractivity contribution < 1.29 is 14.3 Å². The van der Waals surface area contributed by atoms with Gasteiger partial charge in [-0.25, -0.2) is 0 Å². The van der Waals surface area contributed by atoms with Gasteiger partial charge in [0.25, 0.3) is 5.91 Å². The summed E-state index contributed by atoms with van der Waals surface area (Å²) in [6, 6.07) is 7.42. The molecule has 8 heteroatoms. The van der Waals surface area contributed by atoms with Crippen LogP contribution in [0.5, 0.6) is 11.5 Å². The first kappa shape index (κ1) is 19.9. The summed E-state index contributed by atoms with van der Waals surface area (Å²) in [7, 11) is 3.28. The number of amides is 1. The molecular formula is C20H23ClN4O3. The molecule has 1 saturated carbocycles. The fourth-order valence-electron chi connectivity index (χ4n) is 3.36. The van der Waals surface area contributed by atoms with Crippen LogP contribution in [-0.2, 0) is 4.79 Å². The first-order valence-corrected chi connectivity index (χ1v) is 9.51. The number of likely N-dealkylation sites (N-methyl/N-ethyl adjacent to an activating group) is 1. The molecule has 1 heterocycles. The molecule has 0 saturated heterocycles. The van der Waals surface area contributed by atoms with Crippen molar-refractivity contribution in [3.8, 4) is 17.6 Å². The maximum Gasteiger partial charge on any atom is 0.269 e. The third kappa shape index (κ3) is 4.70. The molecule has 0 unspecified atom stereocenters. The predicted molar refractivity (Wildman–Crippen MR) is 105 cm³/mol. The van der Waals surface area contributed by atoms with E-state index < -0.39 is 0 Å². The highest BCUT2D eigenvalue weighted by Crippen LogP contribution is 2.28. The van der Waals surface area contributed by atoms with Crippen molar-refractivity contribution in [1.29, 1.82) is 5.26 Å². The first-order chi connectivity index (χ1) is 13.5. The molecular weight excluding hydrogens is 380 g/mol. The molecule has 1 amide bonds. The first-order valence-electron chi connectivity index (χ1n) is 9.13. The van der Waals surface area contributed by atoms with Crippen LogP contribution < -0.4 is 20.2 Å². The van der Waals surface area contributed by atoms with Crippen LogP contribution in [0.2, 0.25) is 0 Å². The monoisotopic (exact) mass is 402 g/mol. The smallest absolute Gasteiger partial charge is 0.269 e. The molecule has 1 aliphatic carbocycles. The molecule has 7 nitrogen and oxygen atoms in total. The van der Waals surface area contributed by atoms with Crippen LogP contribution in [0.4, 0.5) is 0 Å². The maximum absolute atomic E-state index is 12.5. The van der Waals surface area contributed by atoms with Gasteiger partial charge in [-0.05, 0) is 50.0 Å². The van der Waals surface area contributed by atoms with Gasteiger partial charge >= 0.3 is 0 Å². The lowest BCUT2D eigenvalue weighted by Gasteiger charge is -2.31. The molecule has 1 aromatic rings. The molecule has 0 spiro atoms. The van der Waals surface area contributed by atoms with E-state index in [2.05, 4.69) is 16.8 Å². The minimum Gasteiger partial charge on any atom is -0.495 e. The van der Waals surface area contributed by atoms with E-state index in [0.29, 0.717) is 27.9 Å². The Balaban J connectivity index is 1.51. The lowest BCUT2D eigenvalue weighted by molar-refractivity contribution is -0.120. The van der Waals surface area contributed by atoms with Gasteiger partial charge in [0.2, 0.25) is 0 Å². The van der Waals surface area contributed by atoms with Gasteiger partial charge in [-0.2, -0.15) is 5.26 Å². The Kier molecular flexibility index (Phi) is 6.32. The van der Waals surface area contributed by atoms with Crippen LogP contribution in [0, 0.1) is 11.3 Å². The highest BCUT2D eigenvalue weighted by molar-refractivity contribution is 6.29. The standard InChI is InChI=1S/C20H23ClN4O3/c1-25-17(9-10-19(21)24-25)20(26)23-14-4-7-15(8-5-14)28-16-6-3-13(12-22)18(11-16)27-2/h3,6,9-11,14-15,24H,4-5,7-8H2,1-2H3,(H,23,26). The van der Waals surface area contributed by atoms with Crippen LogP contribution in [0.3, 0.4) is 0 Å². The summed E-state index contributed by atoms with van der Waals surface area (Å²) >= 11 is 5.89. The average molecular weight is 403 g/mol. The number of carbonyl (C=O) groups is 1. The topological polar surface area (TPSA) is 86.6 Å². The summed E-state index contributed by atoms with van der Waals surface area (Å²) in [6.07, 6.45) is 6.79. The van der Waals surface area contributed by atoms with Crippen LogP contribution in [0.15, 0.2) is 41.2 Å². The van der Waals surface area contributed by atoms with Crippen molar-refractivity contribution in [2.75, 3.05) is 14.2 Å². The van der Waals surface area contributed by atoms with Crippen molar-refractivity contribution in [2.24, 2.45) is 0 Å². The molecule has 2 aliphatic rings. The molecule has 0 aromatic heterocycles. The van der Waals surface area contributed by atoms with Gasteiger partial charge in [0.15, 0.2) is 0 Å². The second-order valence-electron chi connectivity index (χ2n) is 6.78. The van der Waals surface area contributed by atoms with Crippen LogP contribution in [0.1, 0.15) is 31.2 Å². The van der Waals surface area contributed by atoms with Crippen molar-refractivity contribution in [1.82, 2.24) is 15.8 Å². The van der Waals surface area contributed by atoms with Crippen LogP contribution >= 0.6 is 11.6 Å². The number of nitriles is 1. The van der Waals surface area contributed by atoms with Gasteiger partial charge in [-0.1, -0.05) is 11.6 Å².